The standard InChI is InChI=1S/C23H27ClFN3O3S/c24-21-7-4-8-22(25)20(21)17-26-11-9-18(10-12-26)23(29)27-13-15-28(16-14-27)32(30,31)19-5-2-1-3-6-19/h1-8,18H,9-17H2. The number of benzene rings is 2. The maximum atomic E-state index is 14.1. The zero-order valence-corrected chi connectivity index (χ0v) is 19.4. The molecule has 0 atom stereocenters. The van der Waals surface area contributed by atoms with E-state index in [-0.39, 0.29) is 22.5 Å². The zero-order valence-electron chi connectivity index (χ0n) is 17.8. The van der Waals surface area contributed by atoms with Gasteiger partial charge in [-0.15, -0.1) is 0 Å². The number of sulfonamides is 1. The molecule has 0 bridgehead atoms. The van der Waals surface area contributed by atoms with E-state index in [1.54, 1.807) is 47.4 Å². The lowest BCUT2D eigenvalue weighted by atomic mass is 9.94. The van der Waals surface area contributed by atoms with Crippen LogP contribution in [0.25, 0.3) is 0 Å². The molecule has 1 amide bonds. The molecule has 2 aliphatic rings. The lowest BCUT2D eigenvalue weighted by molar-refractivity contribution is -0.138. The molecule has 0 radical (unpaired) electrons. The Morgan fingerprint density at radius 2 is 1.59 bits per heavy atom. The average Bonchev–Trinajstić information content (AvgIpc) is 2.82. The van der Waals surface area contributed by atoms with E-state index in [0.29, 0.717) is 69.2 Å². The van der Waals surface area contributed by atoms with Gasteiger partial charge in [0.1, 0.15) is 5.82 Å². The molecule has 2 aliphatic heterocycles. The molecule has 9 heteroatoms. The number of halogens is 2. The number of piperidine rings is 1. The van der Waals surface area contributed by atoms with Crippen molar-refractivity contribution in [3.05, 3.63) is 64.9 Å². The fourth-order valence-corrected chi connectivity index (χ4v) is 6.06. The van der Waals surface area contributed by atoms with Gasteiger partial charge in [0.2, 0.25) is 15.9 Å². The zero-order chi connectivity index (χ0) is 22.7. The molecule has 0 spiro atoms. The van der Waals surface area contributed by atoms with Crippen molar-refractivity contribution in [3.63, 3.8) is 0 Å². The summed E-state index contributed by atoms with van der Waals surface area (Å²) < 4.78 is 41.1. The lowest BCUT2D eigenvalue weighted by Gasteiger charge is -2.38. The van der Waals surface area contributed by atoms with Crippen molar-refractivity contribution in [2.45, 2.75) is 24.3 Å². The van der Waals surface area contributed by atoms with Crippen LogP contribution >= 0.6 is 11.6 Å². The Bertz CT molecular complexity index is 1030. The van der Waals surface area contributed by atoms with Crippen LogP contribution in [-0.2, 0) is 21.4 Å². The van der Waals surface area contributed by atoms with Gasteiger partial charge in [0.25, 0.3) is 0 Å². The van der Waals surface area contributed by atoms with Crippen LogP contribution < -0.4 is 0 Å². The van der Waals surface area contributed by atoms with Gasteiger partial charge < -0.3 is 4.90 Å². The third kappa shape index (κ3) is 4.98. The van der Waals surface area contributed by atoms with Crippen molar-refractivity contribution in [1.82, 2.24) is 14.1 Å². The summed E-state index contributed by atoms with van der Waals surface area (Å²) in [5.74, 6) is -0.302. The van der Waals surface area contributed by atoms with Gasteiger partial charge in [0.05, 0.1) is 4.90 Å². The fraction of sp³-hybridized carbons (Fsp3) is 0.435. The molecule has 0 N–H and O–H groups in total. The second kappa shape index (κ2) is 9.87. The summed E-state index contributed by atoms with van der Waals surface area (Å²) in [4.78, 5) is 17.2. The smallest absolute Gasteiger partial charge is 0.243 e. The number of amides is 1. The van der Waals surface area contributed by atoms with Crippen molar-refractivity contribution >= 4 is 27.5 Å². The summed E-state index contributed by atoms with van der Waals surface area (Å²) in [5.41, 5.74) is 0.495. The van der Waals surface area contributed by atoms with Crippen LogP contribution in [0.5, 0.6) is 0 Å². The molecule has 6 nitrogen and oxygen atoms in total. The first kappa shape index (κ1) is 23.2. The predicted molar refractivity (Wildman–Crippen MR) is 121 cm³/mol. The van der Waals surface area contributed by atoms with Crippen LogP contribution in [0.3, 0.4) is 0 Å². The first-order valence-corrected chi connectivity index (χ1v) is 12.7. The summed E-state index contributed by atoms with van der Waals surface area (Å²) >= 11 is 6.14. The van der Waals surface area contributed by atoms with Gasteiger partial charge in [-0.25, -0.2) is 12.8 Å². The minimum atomic E-state index is -3.53. The molecular weight excluding hydrogens is 453 g/mol. The van der Waals surface area contributed by atoms with E-state index < -0.39 is 10.0 Å². The van der Waals surface area contributed by atoms with Gasteiger partial charge in [-0.2, -0.15) is 4.31 Å². The van der Waals surface area contributed by atoms with Gasteiger partial charge in [0, 0.05) is 49.2 Å². The second-order valence-corrected chi connectivity index (χ2v) is 10.6. The lowest BCUT2D eigenvalue weighted by Crippen LogP contribution is -2.52. The average molecular weight is 480 g/mol. The third-order valence-electron chi connectivity index (χ3n) is 6.31. The molecule has 172 valence electrons. The third-order valence-corrected chi connectivity index (χ3v) is 8.58. The van der Waals surface area contributed by atoms with E-state index in [0.717, 1.165) is 0 Å². The Hall–Kier alpha value is -2.00. The van der Waals surface area contributed by atoms with Crippen LogP contribution in [-0.4, -0.2) is 67.7 Å². The van der Waals surface area contributed by atoms with E-state index in [9.17, 15) is 17.6 Å². The first-order valence-electron chi connectivity index (χ1n) is 10.9. The van der Waals surface area contributed by atoms with E-state index in [1.165, 1.54) is 10.4 Å². The number of likely N-dealkylation sites (tertiary alicyclic amines) is 1. The van der Waals surface area contributed by atoms with E-state index in [4.69, 9.17) is 11.6 Å². The number of rotatable bonds is 5. The summed E-state index contributed by atoms with van der Waals surface area (Å²) in [6, 6.07) is 13.1. The molecule has 0 aromatic heterocycles. The van der Waals surface area contributed by atoms with Crippen molar-refractivity contribution in [1.29, 1.82) is 0 Å². The topological polar surface area (TPSA) is 60.9 Å². The van der Waals surface area contributed by atoms with Gasteiger partial charge in [0.15, 0.2) is 0 Å². The summed E-state index contributed by atoms with van der Waals surface area (Å²) in [7, 11) is -3.53. The quantitative estimate of drug-likeness (QED) is 0.660. The van der Waals surface area contributed by atoms with Crippen molar-refractivity contribution in [2.75, 3.05) is 39.3 Å². The van der Waals surface area contributed by atoms with Crippen molar-refractivity contribution in [2.24, 2.45) is 5.92 Å². The van der Waals surface area contributed by atoms with Gasteiger partial charge in [-0.05, 0) is 50.2 Å². The van der Waals surface area contributed by atoms with E-state index in [1.807, 2.05) is 0 Å². The number of carbonyl (C=O) groups is 1. The van der Waals surface area contributed by atoms with Crippen LogP contribution in [0.15, 0.2) is 53.4 Å². The molecule has 2 heterocycles. The minimum absolute atomic E-state index is 0.0837. The Morgan fingerprint density at radius 3 is 2.22 bits per heavy atom. The van der Waals surface area contributed by atoms with Gasteiger partial charge in [-0.1, -0.05) is 35.9 Å². The molecule has 2 saturated heterocycles. The number of carbonyl (C=O) groups excluding carboxylic acids is 1. The van der Waals surface area contributed by atoms with Crippen LogP contribution in [0.1, 0.15) is 18.4 Å². The van der Waals surface area contributed by atoms with Gasteiger partial charge >= 0.3 is 0 Å². The van der Waals surface area contributed by atoms with E-state index in [2.05, 4.69) is 4.90 Å². The monoisotopic (exact) mass is 479 g/mol. The fourth-order valence-electron chi connectivity index (χ4n) is 4.39. The Balaban J connectivity index is 1.28. The van der Waals surface area contributed by atoms with E-state index >= 15 is 0 Å². The number of hydrogen-bond acceptors (Lipinski definition) is 4. The summed E-state index contributed by atoms with van der Waals surface area (Å²) in [5, 5.41) is 0.423. The molecule has 0 unspecified atom stereocenters. The first-order chi connectivity index (χ1) is 15.4. The predicted octanol–water partition coefficient (Wildman–Crippen LogP) is 3.22. The molecule has 2 aromatic carbocycles. The van der Waals surface area contributed by atoms with Crippen LogP contribution in [0.4, 0.5) is 4.39 Å². The molecular formula is C23H27ClFN3O3S. The van der Waals surface area contributed by atoms with Gasteiger partial charge in [-0.3, -0.25) is 9.69 Å². The maximum Gasteiger partial charge on any atom is 0.243 e. The minimum Gasteiger partial charge on any atom is -0.340 e. The second-order valence-electron chi connectivity index (χ2n) is 8.29. The molecule has 2 fully saturated rings. The number of piperazine rings is 1. The Kier molecular flexibility index (Phi) is 7.14. The Labute approximate surface area is 193 Å². The van der Waals surface area contributed by atoms with Crippen LogP contribution in [0.2, 0.25) is 5.02 Å². The number of nitrogens with zero attached hydrogens (tertiary/aromatic N) is 3. The normalized spacial score (nSPS) is 19.2. The SMILES string of the molecule is O=C(C1CCN(Cc2c(F)cccc2Cl)CC1)N1CCN(S(=O)(=O)c2ccccc2)CC1. The number of hydrogen-bond donors (Lipinski definition) is 0. The molecule has 2 aromatic rings. The van der Waals surface area contributed by atoms with Crippen molar-refractivity contribution < 1.29 is 17.6 Å². The van der Waals surface area contributed by atoms with Crippen molar-refractivity contribution in [3.8, 4) is 0 Å². The molecule has 0 aliphatic carbocycles. The molecule has 4 rings (SSSR count). The summed E-state index contributed by atoms with van der Waals surface area (Å²) in [6.07, 6.45) is 1.40. The Morgan fingerprint density at radius 1 is 0.938 bits per heavy atom. The summed E-state index contributed by atoms with van der Waals surface area (Å²) in [6.45, 7) is 3.22. The molecule has 0 saturated carbocycles. The molecule has 32 heavy (non-hydrogen) atoms. The highest BCUT2D eigenvalue weighted by Crippen LogP contribution is 2.26. The largest absolute Gasteiger partial charge is 0.340 e. The maximum absolute atomic E-state index is 14.1. The van der Waals surface area contributed by atoms with Crippen LogP contribution in [0, 0.1) is 11.7 Å². The highest BCUT2D eigenvalue weighted by atomic mass is 35.5. The highest BCUT2D eigenvalue weighted by molar-refractivity contribution is 7.89. The highest BCUT2D eigenvalue weighted by Gasteiger charge is 2.34.